The van der Waals surface area contributed by atoms with E-state index in [1.165, 1.54) is 19.3 Å². The fourth-order valence-corrected chi connectivity index (χ4v) is 4.19. The molecular weight excluding hydrogens is 316 g/mol. The molecule has 1 aliphatic rings. The largest absolute Gasteiger partial charge is 0.294 e. The number of aryl methyl sites for hydroxylation is 1. The number of carbonyl (C=O) groups excluding carboxylic acids is 2. The molecule has 0 spiro atoms. The predicted molar refractivity (Wildman–Crippen MR) is 100 cm³/mol. The van der Waals surface area contributed by atoms with Crippen LogP contribution in [-0.4, -0.2) is 11.6 Å². The molecule has 0 amide bonds. The van der Waals surface area contributed by atoms with Gasteiger partial charge in [-0.2, -0.15) is 0 Å². The van der Waals surface area contributed by atoms with Crippen LogP contribution < -0.4 is 0 Å². The molecule has 1 aromatic heterocycles. The van der Waals surface area contributed by atoms with Crippen LogP contribution in [0.1, 0.15) is 78.1 Å². The minimum atomic E-state index is 0.252. The number of Topliss-reactive ketones (excluding diaryl/α,β-unsaturated/α-hetero) is 2. The molecule has 1 heterocycles. The molecule has 0 unspecified atom stereocenters. The van der Waals surface area contributed by atoms with Gasteiger partial charge in [-0.05, 0) is 36.1 Å². The monoisotopic (exact) mass is 340 g/mol. The summed E-state index contributed by atoms with van der Waals surface area (Å²) < 4.78 is 0. The topological polar surface area (TPSA) is 34.1 Å². The Morgan fingerprint density at radius 3 is 2.75 bits per heavy atom. The molecule has 0 bridgehead atoms. The van der Waals surface area contributed by atoms with Crippen LogP contribution in [0.2, 0.25) is 0 Å². The number of fused-ring (bicyclic) bond motifs is 1. The molecular formula is C21H24O2S. The van der Waals surface area contributed by atoms with Crippen molar-refractivity contribution in [2.75, 3.05) is 0 Å². The second kappa shape index (κ2) is 7.89. The summed E-state index contributed by atoms with van der Waals surface area (Å²) in [6, 6.07) is 8.07. The van der Waals surface area contributed by atoms with Crippen molar-refractivity contribution in [3.05, 3.63) is 46.3 Å². The van der Waals surface area contributed by atoms with Crippen LogP contribution >= 0.6 is 11.3 Å². The summed E-state index contributed by atoms with van der Waals surface area (Å²) in [5.74, 6) is 0.506. The first-order valence-corrected chi connectivity index (χ1v) is 9.85. The lowest BCUT2D eigenvalue weighted by atomic mass is 10.0. The van der Waals surface area contributed by atoms with Gasteiger partial charge in [0.2, 0.25) is 0 Å². The number of carbonyl (C=O) groups is 2. The van der Waals surface area contributed by atoms with Crippen molar-refractivity contribution < 1.29 is 9.59 Å². The standard InChI is InChI=1S/C21H24O2S/c1-2-3-4-5-6-7-19(22)17-13-21(24-14-17)16-8-10-18-15(12-16)9-11-20(18)23/h8,10,12-14H,2-7,9,11H2,1H3. The third-order valence-electron chi connectivity index (χ3n) is 4.74. The van der Waals surface area contributed by atoms with Crippen LogP contribution in [0.4, 0.5) is 0 Å². The van der Waals surface area contributed by atoms with E-state index < -0.39 is 0 Å². The summed E-state index contributed by atoms with van der Waals surface area (Å²) in [7, 11) is 0. The van der Waals surface area contributed by atoms with Crippen molar-refractivity contribution in [2.24, 2.45) is 0 Å². The molecule has 24 heavy (non-hydrogen) atoms. The molecule has 126 valence electrons. The lowest BCUT2D eigenvalue weighted by Gasteiger charge is -2.02. The minimum Gasteiger partial charge on any atom is -0.294 e. The van der Waals surface area contributed by atoms with E-state index in [0.717, 1.165) is 46.4 Å². The molecule has 0 fully saturated rings. The van der Waals surface area contributed by atoms with Crippen LogP contribution in [0.15, 0.2) is 29.6 Å². The van der Waals surface area contributed by atoms with E-state index in [4.69, 9.17) is 0 Å². The lowest BCUT2D eigenvalue weighted by Crippen LogP contribution is -1.96. The second-order valence-electron chi connectivity index (χ2n) is 6.58. The maximum absolute atomic E-state index is 12.3. The normalized spacial score (nSPS) is 13.3. The smallest absolute Gasteiger partial charge is 0.163 e. The van der Waals surface area contributed by atoms with Crippen molar-refractivity contribution in [3.63, 3.8) is 0 Å². The quantitative estimate of drug-likeness (QED) is 0.430. The van der Waals surface area contributed by atoms with Crippen molar-refractivity contribution in [1.82, 2.24) is 0 Å². The summed E-state index contributed by atoms with van der Waals surface area (Å²) in [6.45, 7) is 2.20. The van der Waals surface area contributed by atoms with Gasteiger partial charge in [-0.25, -0.2) is 0 Å². The van der Waals surface area contributed by atoms with E-state index in [0.29, 0.717) is 12.8 Å². The third-order valence-corrected chi connectivity index (χ3v) is 5.72. The van der Waals surface area contributed by atoms with E-state index in [-0.39, 0.29) is 11.6 Å². The van der Waals surface area contributed by atoms with Crippen molar-refractivity contribution in [2.45, 2.75) is 58.3 Å². The van der Waals surface area contributed by atoms with Gasteiger partial charge in [0.05, 0.1) is 0 Å². The molecule has 0 N–H and O–H groups in total. The van der Waals surface area contributed by atoms with E-state index in [1.807, 2.05) is 23.6 Å². The highest BCUT2D eigenvalue weighted by Gasteiger charge is 2.20. The highest BCUT2D eigenvalue weighted by molar-refractivity contribution is 7.13. The van der Waals surface area contributed by atoms with E-state index in [2.05, 4.69) is 13.0 Å². The van der Waals surface area contributed by atoms with Gasteiger partial charge in [0.15, 0.2) is 11.6 Å². The van der Waals surface area contributed by atoms with Gasteiger partial charge in [0.1, 0.15) is 0 Å². The fourth-order valence-electron chi connectivity index (χ4n) is 3.28. The molecule has 1 aromatic carbocycles. The van der Waals surface area contributed by atoms with Gasteiger partial charge in [-0.1, -0.05) is 44.7 Å². The van der Waals surface area contributed by atoms with E-state index in [9.17, 15) is 9.59 Å². The molecule has 3 rings (SSSR count). The molecule has 0 aliphatic heterocycles. The Kier molecular flexibility index (Phi) is 5.62. The zero-order valence-corrected chi connectivity index (χ0v) is 15.1. The molecule has 2 aromatic rings. The Morgan fingerprint density at radius 1 is 1.08 bits per heavy atom. The Balaban J connectivity index is 1.63. The first-order valence-electron chi connectivity index (χ1n) is 8.97. The first-order chi connectivity index (χ1) is 11.7. The fraction of sp³-hybridized carbons (Fsp3) is 0.429. The SMILES string of the molecule is CCCCCCCC(=O)c1csc(-c2ccc3c(c2)CCC3=O)c1. The number of unbranched alkanes of at least 4 members (excludes halogenated alkanes) is 4. The van der Waals surface area contributed by atoms with Gasteiger partial charge in [0, 0.05) is 34.2 Å². The summed E-state index contributed by atoms with van der Waals surface area (Å²) in [6.07, 6.45) is 7.99. The maximum atomic E-state index is 12.3. The molecule has 0 radical (unpaired) electrons. The highest BCUT2D eigenvalue weighted by Crippen LogP contribution is 2.32. The third kappa shape index (κ3) is 3.84. The van der Waals surface area contributed by atoms with Gasteiger partial charge >= 0.3 is 0 Å². The zero-order valence-electron chi connectivity index (χ0n) is 14.3. The highest BCUT2D eigenvalue weighted by atomic mass is 32.1. The number of benzene rings is 1. The summed E-state index contributed by atoms with van der Waals surface area (Å²) in [4.78, 5) is 25.2. The van der Waals surface area contributed by atoms with Gasteiger partial charge in [-0.3, -0.25) is 9.59 Å². The number of hydrogen-bond donors (Lipinski definition) is 0. The van der Waals surface area contributed by atoms with Crippen LogP contribution in [0.5, 0.6) is 0 Å². The van der Waals surface area contributed by atoms with Crippen LogP contribution in [0, 0.1) is 0 Å². The predicted octanol–water partition coefficient (Wildman–Crippen LogP) is 6.09. The summed E-state index contributed by atoms with van der Waals surface area (Å²) in [5, 5.41) is 1.97. The van der Waals surface area contributed by atoms with Crippen molar-refractivity contribution in [3.8, 4) is 10.4 Å². The van der Waals surface area contributed by atoms with Crippen molar-refractivity contribution in [1.29, 1.82) is 0 Å². The number of rotatable bonds is 8. The lowest BCUT2D eigenvalue weighted by molar-refractivity contribution is 0.0976. The van der Waals surface area contributed by atoms with Gasteiger partial charge < -0.3 is 0 Å². The Labute approximate surface area is 147 Å². The molecule has 1 aliphatic carbocycles. The Bertz CT molecular complexity index is 742. The average molecular weight is 340 g/mol. The van der Waals surface area contributed by atoms with Gasteiger partial charge in [-0.15, -0.1) is 11.3 Å². The Hall–Kier alpha value is -1.74. The average Bonchev–Trinajstić information content (AvgIpc) is 3.22. The van der Waals surface area contributed by atoms with Gasteiger partial charge in [0.25, 0.3) is 0 Å². The molecule has 0 saturated carbocycles. The molecule has 2 nitrogen and oxygen atoms in total. The summed E-state index contributed by atoms with van der Waals surface area (Å²) >= 11 is 1.62. The van der Waals surface area contributed by atoms with Crippen molar-refractivity contribution >= 4 is 22.9 Å². The maximum Gasteiger partial charge on any atom is 0.163 e. The van der Waals surface area contributed by atoms with Crippen LogP contribution in [-0.2, 0) is 6.42 Å². The van der Waals surface area contributed by atoms with Crippen LogP contribution in [0.3, 0.4) is 0 Å². The summed E-state index contributed by atoms with van der Waals surface area (Å²) in [5.41, 5.74) is 3.98. The van der Waals surface area contributed by atoms with E-state index >= 15 is 0 Å². The van der Waals surface area contributed by atoms with E-state index in [1.54, 1.807) is 11.3 Å². The number of thiophene rings is 1. The molecule has 0 atom stereocenters. The zero-order chi connectivity index (χ0) is 16.9. The molecule has 0 saturated heterocycles. The Morgan fingerprint density at radius 2 is 1.92 bits per heavy atom. The second-order valence-corrected chi connectivity index (χ2v) is 7.49. The first kappa shape index (κ1) is 17.1. The number of ketones is 2. The minimum absolute atomic E-state index is 0.252. The molecule has 3 heteroatoms. The number of hydrogen-bond acceptors (Lipinski definition) is 3. The van der Waals surface area contributed by atoms with Crippen LogP contribution in [0.25, 0.3) is 10.4 Å².